The van der Waals surface area contributed by atoms with Crippen LogP contribution in [-0.2, 0) is 9.53 Å². The Hall–Kier alpha value is -0.610. The third-order valence-electron chi connectivity index (χ3n) is 3.46. The minimum atomic E-state index is -0.151. The molecule has 0 fully saturated rings. The van der Waals surface area contributed by atoms with Gasteiger partial charge in [0.15, 0.2) is 0 Å². The highest BCUT2D eigenvalue weighted by molar-refractivity contribution is 5.72. The molecule has 0 saturated heterocycles. The summed E-state index contributed by atoms with van der Waals surface area (Å²) in [6, 6.07) is 0.165. The summed E-state index contributed by atoms with van der Waals surface area (Å²) < 4.78 is 4.79. The summed E-state index contributed by atoms with van der Waals surface area (Å²) in [5.41, 5.74) is 5.82. The van der Waals surface area contributed by atoms with Gasteiger partial charge in [0.25, 0.3) is 0 Å². The van der Waals surface area contributed by atoms with Gasteiger partial charge in [-0.25, -0.2) is 0 Å². The summed E-state index contributed by atoms with van der Waals surface area (Å²) in [5.74, 6) is -0.268. The van der Waals surface area contributed by atoms with Gasteiger partial charge in [0.2, 0.25) is 0 Å². The van der Waals surface area contributed by atoms with Crippen molar-refractivity contribution in [3.05, 3.63) is 0 Å². The molecule has 2 N–H and O–H groups in total. The lowest BCUT2D eigenvalue weighted by Crippen LogP contribution is -2.46. The van der Waals surface area contributed by atoms with Crippen LogP contribution in [0.1, 0.15) is 34.6 Å². The van der Waals surface area contributed by atoms with Gasteiger partial charge < -0.3 is 10.5 Å². The van der Waals surface area contributed by atoms with Crippen LogP contribution < -0.4 is 5.73 Å². The van der Waals surface area contributed by atoms with Crippen molar-refractivity contribution in [3.63, 3.8) is 0 Å². The molecule has 0 amide bonds. The van der Waals surface area contributed by atoms with Crippen molar-refractivity contribution < 1.29 is 9.53 Å². The zero-order valence-corrected chi connectivity index (χ0v) is 12.1. The molecule has 102 valence electrons. The van der Waals surface area contributed by atoms with Crippen LogP contribution >= 0.6 is 0 Å². The van der Waals surface area contributed by atoms with Crippen molar-refractivity contribution in [2.24, 2.45) is 17.1 Å². The Morgan fingerprint density at radius 2 is 1.94 bits per heavy atom. The molecule has 0 aromatic rings. The highest BCUT2D eigenvalue weighted by Crippen LogP contribution is 2.20. The van der Waals surface area contributed by atoms with Gasteiger partial charge in [0.1, 0.15) is 0 Å². The standard InChI is InChI=1S/C13H28N2O2/c1-7-15(9-13(4,5)8-14)11(3)10(2)12(16)17-6/h10-11H,7-9,14H2,1-6H3. The van der Waals surface area contributed by atoms with E-state index >= 15 is 0 Å². The molecule has 2 unspecified atom stereocenters. The van der Waals surface area contributed by atoms with Crippen LogP contribution in [0.3, 0.4) is 0 Å². The molecule has 0 spiro atoms. The van der Waals surface area contributed by atoms with Gasteiger partial charge >= 0.3 is 5.97 Å². The average molecular weight is 244 g/mol. The van der Waals surface area contributed by atoms with Crippen LogP contribution in [0.2, 0.25) is 0 Å². The highest BCUT2D eigenvalue weighted by Gasteiger charge is 2.29. The predicted octanol–water partition coefficient (Wildman–Crippen LogP) is 1.49. The quantitative estimate of drug-likeness (QED) is 0.689. The zero-order chi connectivity index (χ0) is 13.6. The Kier molecular flexibility index (Phi) is 6.72. The van der Waals surface area contributed by atoms with Crippen molar-refractivity contribution in [2.45, 2.75) is 40.7 Å². The first-order valence-corrected chi connectivity index (χ1v) is 6.31. The number of hydrogen-bond acceptors (Lipinski definition) is 4. The van der Waals surface area contributed by atoms with Gasteiger partial charge in [-0.15, -0.1) is 0 Å². The molecule has 0 aliphatic rings. The number of nitrogens with two attached hydrogens (primary N) is 1. The van der Waals surface area contributed by atoms with E-state index < -0.39 is 0 Å². The fourth-order valence-electron chi connectivity index (χ4n) is 1.86. The molecule has 0 aromatic carbocycles. The maximum atomic E-state index is 11.5. The zero-order valence-electron chi connectivity index (χ0n) is 12.1. The van der Waals surface area contributed by atoms with Crippen molar-refractivity contribution in [3.8, 4) is 0 Å². The molecule has 0 radical (unpaired) electrons. The van der Waals surface area contributed by atoms with Gasteiger partial charge in [-0.3, -0.25) is 9.69 Å². The maximum Gasteiger partial charge on any atom is 0.309 e. The third kappa shape index (κ3) is 5.04. The van der Waals surface area contributed by atoms with E-state index in [1.54, 1.807) is 0 Å². The lowest BCUT2D eigenvalue weighted by Gasteiger charge is -2.37. The highest BCUT2D eigenvalue weighted by atomic mass is 16.5. The summed E-state index contributed by atoms with van der Waals surface area (Å²) in [5, 5.41) is 0. The molecule has 17 heavy (non-hydrogen) atoms. The fourth-order valence-corrected chi connectivity index (χ4v) is 1.86. The van der Waals surface area contributed by atoms with E-state index in [1.807, 2.05) is 6.92 Å². The van der Waals surface area contributed by atoms with Crippen LogP contribution in [0, 0.1) is 11.3 Å². The van der Waals surface area contributed by atoms with Gasteiger partial charge in [-0.2, -0.15) is 0 Å². The van der Waals surface area contributed by atoms with Crippen molar-refractivity contribution in [2.75, 3.05) is 26.7 Å². The number of rotatable bonds is 7. The van der Waals surface area contributed by atoms with Crippen molar-refractivity contribution >= 4 is 5.97 Å². The van der Waals surface area contributed by atoms with Gasteiger partial charge in [0.05, 0.1) is 13.0 Å². The average Bonchev–Trinajstić information content (AvgIpc) is 2.33. The Morgan fingerprint density at radius 1 is 1.41 bits per heavy atom. The largest absolute Gasteiger partial charge is 0.469 e. The second-order valence-electron chi connectivity index (χ2n) is 5.48. The number of carbonyl (C=O) groups excluding carboxylic acids is 1. The molecule has 2 atom stereocenters. The van der Waals surface area contributed by atoms with E-state index in [0.29, 0.717) is 6.54 Å². The van der Waals surface area contributed by atoms with E-state index in [0.717, 1.165) is 13.1 Å². The van der Waals surface area contributed by atoms with Crippen LogP contribution in [-0.4, -0.2) is 43.7 Å². The summed E-state index contributed by atoms with van der Waals surface area (Å²) in [6.45, 7) is 12.8. The van der Waals surface area contributed by atoms with E-state index in [9.17, 15) is 4.79 Å². The number of carbonyl (C=O) groups is 1. The Balaban J connectivity index is 4.60. The number of esters is 1. The summed E-state index contributed by atoms with van der Waals surface area (Å²) in [4.78, 5) is 13.8. The van der Waals surface area contributed by atoms with Crippen LogP contribution in [0.25, 0.3) is 0 Å². The number of methoxy groups -OCH3 is 1. The Bertz CT molecular complexity index is 242. The van der Waals surface area contributed by atoms with E-state index in [1.165, 1.54) is 7.11 Å². The SMILES string of the molecule is CCN(CC(C)(C)CN)C(C)C(C)C(=O)OC. The lowest BCUT2D eigenvalue weighted by atomic mass is 9.91. The number of ether oxygens (including phenoxy) is 1. The topological polar surface area (TPSA) is 55.6 Å². The Labute approximate surface area is 105 Å². The molecule has 4 nitrogen and oxygen atoms in total. The first kappa shape index (κ1) is 16.4. The second-order valence-corrected chi connectivity index (χ2v) is 5.48. The van der Waals surface area contributed by atoms with Gasteiger partial charge in [0, 0.05) is 12.6 Å². The summed E-state index contributed by atoms with van der Waals surface area (Å²) >= 11 is 0. The summed E-state index contributed by atoms with van der Waals surface area (Å²) in [7, 11) is 1.44. The molecule has 0 aliphatic heterocycles. The molecule has 0 rings (SSSR count). The second kappa shape index (κ2) is 6.97. The van der Waals surface area contributed by atoms with E-state index in [-0.39, 0.29) is 23.3 Å². The normalized spacial score (nSPS) is 15.8. The molecule has 0 aliphatic carbocycles. The maximum absolute atomic E-state index is 11.5. The first-order valence-electron chi connectivity index (χ1n) is 6.31. The molecule has 0 bridgehead atoms. The molecular weight excluding hydrogens is 216 g/mol. The van der Waals surface area contributed by atoms with Crippen LogP contribution in [0.4, 0.5) is 0 Å². The lowest BCUT2D eigenvalue weighted by molar-refractivity contribution is -0.147. The third-order valence-corrected chi connectivity index (χ3v) is 3.46. The predicted molar refractivity (Wildman–Crippen MR) is 70.7 cm³/mol. The molecule has 0 aromatic heterocycles. The first-order chi connectivity index (χ1) is 7.79. The van der Waals surface area contributed by atoms with Crippen molar-refractivity contribution in [1.82, 2.24) is 4.90 Å². The van der Waals surface area contributed by atoms with E-state index in [4.69, 9.17) is 10.5 Å². The Morgan fingerprint density at radius 3 is 2.29 bits per heavy atom. The molecular formula is C13H28N2O2. The fraction of sp³-hybridized carbons (Fsp3) is 0.923. The minimum absolute atomic E-state index is 0.0696. The monoisotopic (exact) mass is 244 g/mol. The molecule has 4 heteroatoms. The van der Waals surface area contributed by atoms with Gasteiger partial charge in [-0.05, 0) is 25.4 Å². The molecule has 0 heterocycles. The number of nitrogens with zero attached hydrogens (tertiary/aromatic N) is 1. The van der Waals surface area contributed by atoms with Crippen molar-refractivity contribution in [1.29, 1.82) is 0 Å². The van der Waals surface area contributed by atoms with Crippen LogP contribution in [0.15, 0.2) is 0 Å². The minimum Gasteiger partial charge on any atom is -0.469 e. The summed E-state index contributed by atoms with van der Waals surface area (Å²) in [6.07, 6.45) is 0. The molecule has 0 saturated carbocycles. The van der Waals surface area contributed by atoms with Gasteiger partial charge in [-0.1, -0.05) is 27.7 Å². The van der Waals surface area contributed by atoms with E-state index in [2.05, 4.69) is 32.6 Å². The number of hydrogen-bond donors (Lipinski definition) is 1. The smallest absolute Gasteiger partial charge is 0.309 e. The van der Waals surface area contributed by atoms with Crippen LogP contribution in [0.5, 0.6) is 0 Å².